The van der Waals surface area contributed by atoms with Crippen molar-refractivity contribution in [3.05, 3.63) is 76.8 Å². The topological polar surface area (TPSA) is 58.6 Å². The van der Waals surface area contributed by atoms with Crippen molar-refractivity contribution in [3.8, 4) is 0 Å². The molecule has 1 heterocycles. The van der Waals surface area contributed by atoms with Gasteiger partial charge in [0.15, 0.2) is 0 Å². The summed E-state index contributed by atoms with van der Waals surface area (Å²) >= 11 is 5.93. The molecule has 0 bridgehead atoms. The van der Waals surface area contributed by atoms with Crippen LogP contribution >= 0.6 is 11.6 Å². The van der Waals surface area contributed by atoms with E-state index < -0.39 is 5.60 Å². The van der Waals surface area contributed by atoms with Gasteiger partial charge in [0.1, 0.15) is 5.60 Å². The van der Waals surface area contributed by atoms with Crippen LogP contribution in [-0.2, 0) is 11.2 Å². The van der Waals surface area contributed by atoms with Crippen molar-refractivity contribution >= 4 is 40.1 Å². The first-order valence-corrected chi connectivity index (χ1v) is 11.7. The Labute approximate surface area is 199 Å². The lowest BCUT2D eigenvalue weighted by Crippen LogP contribution is -2.40. The molecule has 0 radical (unpaired) electrons. The molecule has 1 atom stereocenters. The van der Waals surface area contributed by atoms with Crippen LogP contribution in [0.5, 0.6) is 0 Å². The molecule has 4 rings (SSSR count). The smallest absolute Gasteiger partial charge is 0.410 e. The quantitative estimate of drug-likeness (QED) is 0.468. The molecule has 2 amide bonds. The van der Waals surface area contributed by atoms with E-state index in [0.717, 1.165) is 41.3 Å². The van der Waals surface area contributed by atoms with Gasteiger partial charge in [-0.15, -0.1) is 0 Å². The molecule has 0 aliphatic carbocycles. The third-order valence-corrected chi connectivity index (χ3v) is 6.05. The number of carbonyl (C=O) groups is 2. The zero-order valence-corrected chi connectivity index (χ0v) is 20.0. The third kappa shape index (κ3) is 5.66. The number of fused-ring (bicyclic) bond motifs is 1. The molecule has 0 aromatic heterocycles. The van der Waals surface area contributed by atoms with E-state index in [1.165, 1.54) is 0 Å². The summed E-state index contributed by atoms with van der Waals surface area (Å²) in [6.07, 6.45) is 2.41. The Morgan fingerprint density at radius 1 is 1.09 bits per heavy atom. The summed E-state index contributed by atoms with van der Waals surface area (Å²) in [6.45, 7) is 6.38. The summed E-state index contributed by atoms with van der Waals surface area (Å²) in [6, 6.07) is 19.0. The van der Waals surface area contributed by atoms with Gasteiger partial charge < -0.3 is 15.0 Å². The summed E-state index contributed by atoms with van der Waals surface area (Å²) in [5, 5.41) is 5.74. The monoisotopic (exact) mass is 464 g/mol. The Kier molecular flexibility index (Phi) is 6.61. The van der Waals surface area contributed by atoms with E-state index in [9.17, 15) is 9.59 Å². The Morgan fingerprint density at radius 3 is 2.58 bits per heavy atom. The van der Waals surface area contributed by atoms with E-state index in [2.05, 4.69) is 17.4 Å². The summed E-state index contributed by atoms with van der Waals surface area (Å²) in [5.41, 5.74) is 1.91. The van der Waals surface area contributed by atoms with Crippen LogP contribution in [0.4, 0.5) is 10.5 Å². The molecule has 6 heteroatoms. The number of likely N-dealkylation sites (tertiary alicyclic amines) is 1. The van der Waals surface area contributed by atoms with Crippen LogP contribution in [0.3, 0.4) is 0 Å². The summed E-state index contributed by atoms with van der Waals surface area (Å²) < 4.78 is 5.62. The van der Waals surface area contributed by atoms with Crippen molar-refractivity contribution in [2.24, 2.45) is 0 Å². The molecule has 5 nitrogen and oxygen atoms in total. The predicted octanol–water partition coefficient (Wildman–Crippen LogP) is 6.69. The van der Waals surface area contributed by atoms with Gasteiger partial charge in [0.25, 0.3) is 5.91 Å². The number of benzene rings is 3. The van der Waals surface area contributed by atoms with E-state index in [1.54, 1.807) is 24.3 Å². The molecule has 0 saturated carbocycles. The van der Waals surface area contributed by atoms with Crippen molar-refractivity contribution in [2.75, 3.05) is 11.9 Å². The van der Waals surface area contributed by atoms with Gasteiger partial charge in [0.2, 0.25) is 0 Å². The number of carbonyl (C=O) groups excluding carboxylic acids is 2. The van der Waals surface area contributed by atoms with Crippen LogP contribution in [0.2, 0.25) is 5.02 Å². The van der Waals surface area contributed by atoms with Gasteiger partial charge in [-0.2, -0.15) is 0 Å². The van der Waals surface area contributed by atoms with Gasteiger partial charge >= 0.3 is 6.09 Å². The van der Waals surface area contributed by atoms with Crippen molar-refractivity contribution in [3.63, 3.8) is 0 Å². The number of ether oxygens (including phenoxy) is 1. The SMILES string of the molecule is CC(C)(C)OC(=O)N1CCC[C@@H]1Cc1cccc2ccc(NC(=O)c3ccc(Cl)cc3)cc12. The zero-order valence-electron chi connectivity index (χ0n) is 19.2. The lowest BCUT2D eigenvalue weighted by atomic mass is 9.97. The molecule has 0 unspecified atom stereocenters. The van der Waals surface area contributed by atoms with Gasteiger partial charge in [-0.05, 0) is 92.8 Å². The van der Waals surface area contributed by atoms with Crippen LogP contribution in [0.25, 0.3) is 10.8 Å². The van der Waals surface area contributed by atoms with Crippen LogP contribution < -0.4 is 5.32 Å². The summed E-state index contributed by atoms with van der Waals surface area (Å²) in [5.74, 6) is -0.185. The third-order valence-electron chi connectivity index (χ3n) is 5.80. The molecule has 3 aromatic carbocycles. The normalized spacial score (nSPS) is 16.1. The lowest BCUT2D eigenvalue weighted by Gasteiger charge is -2.29. The minimum absolute atomic E-state index is 0.0952. The molecule has 172 valence electrons. The molecule has 1 N–H and O–H groups in total. The Balaban J connectivity index is 1.55. The highest BCUT2D eigenvalue weighted by Gasteiger charge is 2.32. The number of nitrogens with zero attached hydrogens (tertiary/aromatic N) is 1. The molecular weight excluding hydrogens is 436 g/mol. The highest BCUT2D eigenvalue weighted by molar-refractivity contribution is 6.30. The zero-order chi connectivity index (χ0) is 23.6. The minimum Gasteiger partial charge on any atom is -0.444 e. The highest BCUT2D eigenvalue weighted by atomic mass is 35.5. The van der Waals surface area contributed by atoms with Crippen molar-refractivity contribution in [2.45, 2.75) is 51.7 Å². The largest absolute Gasteiger partial charge is 0.444 e. The van der Waals surface area contributed by atoms with Gasteiger partial charge in [0.05, 0.1) is 0 Å². The maximum absolute atomic E-state index is 12.7. The Morgan fingerprint density at radius 2 is 1.85 bits per heavy atom. The first kappa shape index (κ1) is 23.1. The number of halogens is 1. The van der Waals surface area contributed by atoms with E-state index in [-0.39, 0.29) is 18.0 Å². The second-order valence-electron chi connectivity index (χ2n) is 9.49. The molecule has 1 aliphatic rings. The van der Waals surface area contributed by atoms with E-state index in [1.807, 2.05) is 49.9 Å². The van der Waals surface area contributed by atoms with E-state index in [4.69, 9.17) is 16.3 Å². The molecular formula is C27H29ClN2O3. The van der Waals surface area contributed by atoms with Gasteiger partial charge in [-0.25, -0.2) is 4.79 Å². The maximum atomic E-state index is 12.7. The fourth-order valence-corrected chi connectivity index (χ4v) is 4.39. The molecule has 1 saturated heterocycles. The standard InChI is InChI=1S/C27H29ClN2O3/c1-27(2,3)33-26(32)30-15-5-8-23(30)16-20-7-4-6-18-11-14-22(17-24(18)20)29-25(31)19-9-12-21(28)13-10-19/h4,6-7,9-14,17,23H,5,8,15-16H2,1-3H3,(H,29,31)/t23-/m1/s1. The maximum Gasteiger partial charge on any atom is 0.410 e. The van der Waals surface area contributed by atoms with Crippen LogP contribution in [0, 0.1) is 0 Å². The predicted molar refractivity (Wildman–Crippen MR) is 133 cm³/mol. The van der Waals surface area contributed by atoms with Crippen molar-refractivity contribution < 1.29 is 14.3 Å². The van der Waals surface area contributed by atoms with Crippen molar-refractivity contribution in [1.29, 1.82) is 0 Å². The average molecular weight is 465 g/mol. The number of hydrogen-bond donors (Lipinski definition) is 1. The molecule has 0 spiro atoms. The minimum atomic E-state index is -0.513. The molecule has 1 fully saturated rings. The van der Waals surface area contributed by atoms with Gasteiger partial charge in [-0.3, -0.25) is 4.79 Å². The fourth-order valence-electron chi connectivity index (χ4n) is 4.26. The van der Waals surface area contributed by atoms with Crippen molar-refractivity contribution in [1.82, 2.24) is 4.90 Å². The number of anilines is 1. The van der Waals surface area contributed by atoms with E-state index >= 15 is 0 Å². The average Bonchev–Trinajstić information content (AvgIpc) is 3.22. The first-order valence-electron chi connectivity index (χ1n) is 11.3. The van der Waals surface area contributed by atoms with Crippen LogP contribution in [0.15, 0.2) is 60.7 Å². The molecule has 1 aliphatic heterocycles. The number of amides is 2. The summed E-state index contributed by atoms with van der Waals surface area (Å²) in [7, 11) is 0. The Bertz CT molecular complexity index is 1170. The fraction of sp³-hybridized carbons (Fsp3) is 0.333. The highest BCUT2D eigenvalue weighted by Crippen LogP contribution is 2.29. The van der Waals surface area contributed by atoms with Crippen LogP contribution in [0.1, 0.15) is 49.5 Å². The first-order chi connectivity index (χ1) is 15.7. The van der Waals surface area contributed by atoms with Crippen LogP contribution in [-0.4, -0.2) is 35.1 Å². The van der Waals surface area contributed by atoms with E-state index in [0.29, 0.717) is 17.1 Å². The number of nitrogens with one attached hydrogen (secondary N) is 1. The summed E-state index contributed by atoms with van der Waals surface area (Å²) in [4.78, 5) is 27.2. The molecule has 3 aromatic rings. The number of rotatable bonds is 4. The lowest BCUT2D eigenvalue weighted by molar-refractivity contribution is 0.0227. The second-order valence-corrected chi connectivity index (χ2v) is 9.92. The van der Waals surface area contributed by atoms with Gasteiger partial charge in [-0.1, -0.05) is 35.9 Å². The molecule has 33 heavy (non-hydrogen) atoms. The Hall–Kier alpha value is -3.05. The number of hydrogen-bond acceptors (Lipinski definition) is 3. The second kappa shape index (κ2) is 9.44. The van der Waals surface area contributed by atoms with Gasteiger partial charge in [0, 0.05) is 28.9 Å².